The lowest BCUT2D eigenvalue weighted by atomic mass is 9.72. The van der Waals surface area contributed by atoms with Crippen molar-refractivity contribution in [2.45, 2.75) is 76.9 Å². The maximum atomic E-state index is 12.7. The first-order valence-corrected chi connectivity index (χ1v) is 11.2. The van der Waals surface area contributed by atoms with Crippen LogP contribution in [0.5, 0.6) is 0 Å². The van der Waals surface area contributed by atoms with E-state index in [1.165, 1.54) is 7.11 Å². The highest BCUT2D eigenvalue weighted by Crippen LogP contribution is 2.45. The lowest BCUT2D eigenvalue weighted by Crippen LogP contribution is -2.51. The average Bonchev–Trinajstić information content (AvgIpc) is 3.18. The Bertz CT molecular complexity index is 824. The molecule has 3 atom stereocenters. The second kappa shape index (κ2) is 10.0. The number of esters is 1. The molecule has 1 amide bonds. The monoisotopic (exact) mass is 411 g/mol. The molecule has 1 heterocycles. The molecule has 2 aliphatic rings. The third-order valence-electron chi connectivity index (χ3n) is 6.32. The lowest BCUT2D eigenvalue weighted by molar-refractivity contribution is -0.162. The average molecular weight is 412 g/mol. The van der Waals surface area contributed by atoms with Gasteiger partial charge in [-0.2, -0.15) is 0 Å². The summed E-state index contributed by atoms with van der Waals surface area (Å²) in [6.45, 7) is 4.77. The molecule has 5 nitrogen and oxygen atoms in total. The minimum Gasteiger partial charge on any atom is -0.453 e. The summed E-state index contributed by atoms with van der Waals surface area (Å²) in [5.41, 5.74) is 1.21. The van der Waals surface area contributed by atoms with Gasteiger partial charge in [-0.1, -0.05) is 37.8 Å². The van der Waals surface area contributed by atoms with Crippen molar-refractivity contribution >= 4 is 12.1 Å². The van der Waals surface area contributed by atoms with E-state index in [1.807, 2.05) is 31.2 Å². The zero-order valence-corrected chi connectivity index (χ0v) is 18.4. The molecule has 1 aromatic rings. The van der Waals surface area contributed by atoms with Crippen LogP contribution in [0, 0.1) is 24.7 Å². The number of ether oxygens (including phenoxy) is 2. The number of rotatable bonds is 5. The molecule has 0 N–H and O–H groups in total. The number of benzene rings is 1. The number of amides is 1. The van der Waals surface area contributed by atoms with Crippen molar-refractivity contribution in [3.05, 3.63) is 35.4 Å². The van der Waals surface area contributed by atoms with Gasteiger partial charge in [0.1, 0.15) is 0 Å². The van der Waals surface area contributed by atoms with Gasteiger partial charge >= 0.3 is 12.1 Å². The highest BCUT2D eigenvalue weighted by Gasteiger charge is 2.53. The standard InChI is InChI=1S/C25H33NO4/c1-4-5-6-12-23(27)30-25(16-13-20-10-7-9-19(2)18-20)15-8-11-22-21(25)14-17-26(22)24(28)29-3/h7,9-10,18,21-22H,4-6,8,11-12,14-15,17H2,1-3H3/t21-,22-,25-/m1/s1. The summed E-state index contributed by atoms with van der Waals surface area (Å²) in [6.07, 6.45) is 6.24. The molecule has 1 saturated carbocycles. The molecule has 1 aliphatic heterocycles. The number of nitrogens with zero attached hydrogens (tertiary/aromatic N) is 1. The first kappa shape index (κ1) is 22.2. The van der Waals surface area contributed by atoms with E-state index in [0.717, 1.165) is 49.7 Å². The lowest BCUT2D eigenvalue weighted by Gasteiger charge is -2.42. The van der Waals surface area contributed by atoms with E-state index in [4.69, 9.17) is 9.47 Å². The quantitative estimate of drug-likeness (QED) is 0.395. The Balaban J connectivity index is 1.89. The zero-order chi connectivity index (χ0) is 21.6. The molecule has 1 saturated heterocycles. The fraction of sp³-hybridized carbons (Fsp3) is 0.600. The van der Waals surface area contributed by atoms with Crippen LogP contribution in [0.1, 0.15) is 69.4 Å². The van der Waals surface area contributed by atoms with Gasteiger partial charge in [0.05, 0.1) is 7.11 Å². The van der Waals surface area contributed by atoms with Crippen molar-refractivity contribution in [3.8, 4) is 11.8 Å². The molecular formula is C25H33NO4. The Morgan fingerprint density at radius 1 is 1.27 bits per heavy atom. The van der Waals surface area contributed by atoms with Crippen LogP contribution in [0.3, 0.4) is 0 Å². The highest BCUT2D eigenvalue weighted by molar-refractivity contribution is 5.71. The number of hydrogen-bond acceptors (Lipinski definition) is 4. The third kappa shape index (κ3) is 4.98. The summed E-state index contributed by atoms with van der Waals surface area (Å²) in [4.78, 5) is 26.8. The Hall–Kier alpha value is -2.48. The van der Waals surface area contributed by atoms with Gasteiger partial charge in [-0.25, -0.2) is 4.79 Å². The van der Waals surface area contributed by atoms with Crippen molar-refractivity contribution in [1.29, 1.82) is 0 Å². The zero-order valence-electron chi connectivity index (χ0n) is 18.4. The summed E-state index contributed by atoms with van der Waals surface area (Å²) in [5, 5.41) is 0. The van der Waals surface area contributed by atoms with Crippen molar-refractivity contribution in [2.24, 2.45) is 5.92 Å². The predicted octanol–water partition coefficient (Wildman–Crippen LogP) is 4.85. The van der Waals surface area contributed by atoms with E-state index in [9.17, 15) is 9.59 Å². The van der Waals surface area contributed by atoms with E-state index >= 15 is 0 Å². The minimum absolute atomic E-state index is 0.00134. The molecule has 162 valence electrons. The van der Waals surface area contributed by atoms with Crippen molar-refractivity contribution in [2.75, 3.05) is 13.7 Å². The first-order valence-electron chi connectivity index (χ1n) is 11.2. The minimum atomic E-state index is -0.848. The van der Waals surface area contributed by atoms with E-state index in [2.05, 4.69) is 18.8 Å². The molecule has 0 spiro atoms. The smallest absolute Gasteiger partial charge is 0.409 e. The van der Waals surface area contributed by atoms with Crippen LogP contribution in [0.2, 0.25) is 0 Å². The highest BCUT2D eigenvalue weighted by atomic mass is 16.6. The summed E-state index contributed by atoms with van der Waals surface area (Å²) in [7, 11) is 1.41. The van der Waals surface area contributed by atoms with E-state index < -0.39 is 5.60 Å². The molecule has 0 radical (unpaired) electrons. The summed E-state index contributed by atoms with van der Waals surface area (Å²) < 4.78 is 11.1. The van der Waals surface area contributed by atoms with Crippen molar-refractivity contribution < 1.29 is 19.1 Å². The van der Waals surface area contributed by atoms with Gasteiger partial charge in [0.25, 0.3) is 0 Å². The van der Waals surface area contributed by atoms with Gasteiger partial charge in [0.2, 0.25) is 0 Å². The molecule has 0 bridgehead atoms. The van der Waals surface area contributed by atoms with Crippen LogP contribution in [-0.4, -0.2) is 42.3 Å². The Kier molecular flexibility index (Phi) is 7.42. The third-order valence-corrected chi connectivity index (χ3v) is 6.32. The Morgan fingerprint density at radius 2 is 2.10 bits per heavy atom. The molecule has 3 rings (SSSR count). The SMILES string of the molecule is CCCCCC(=O)O[C@@]1(C#Cc2cccc(C)c2)CCC[C@@H]2[C@H]1CCN2C(=O)OC. The van der Waals surface area contributed by atoms with Gasteiger partial charge in [0.15, 0.2) is 5.60 Å². The van der Waals surface area contributed by atoms with Gasteiger partial charge in [-0.05, 0) is 62.6 Å². The second-order valence-electron chi connectivity index (χ2n) is 8.46. The Labute approximate surface area is 180 Å². The van der Waals surface area contributed by atoms with Crippen LogP contribution in [-0.2, 0) is 14.3 Å². The van der Waals surface area contributed by atoms with Gasteiger partial charge in [-0.15, -0.1) is 0 Å². The Morgan fingerprint density at radius 3 is 2.83 bits per heavy atom. The van der Waals surface area contributed by atoms with Crippen molar-refractivity contribution in [1.82, 2.24) is 4.90 Å². The predicted molar refractivity (Wildman–Crippen MR) is 116 cm³/mol. The largest absolute Gasteiger partial charge is 0.453 e. The van der Waals surface area contributed by atoms with Crippen LogP contribution >= 0.6 is 0 Å². The number of carbonyl (C=O) groups is 2. The van der Waals surface area contributed by atoms with Gasteiger partial charge in [0, 0.05) is 30.5 Å². The summed E-state index contributed by atoms with van der Waals surface area (Å²) >= 11 is 0. The number of unbranched alkanes of at least 4 members (excludes halogenated alkanes) is 2. The van der Waals surface area contributed by atoms with Crippen LogP contribution < -0.4 is 0 Å². The topological polar surface area (TPSA) is 55.8 Å². The van der Waals surface area contributed by atoms with Gasteiger partial charge in [-0.3, -0.25) is 4.79 Å². The summed E-state index contributed by atoms with van der Waals surface area (Å²) in [6, 6.07) is 8.05. The number of methoxy groups -OCH3 is 1. The second-order valence-corrected chi connectivity index (χ2v) is 8.46. The van der Waals surface area contributed by atoms with E-state index in [1.54, 1.807) is 4.90 Å². The molecule has 30 heavy (non-hydrogen) atoms. The molecule has 5 heteroatoms. The summed E-state index contributed by atoms with van der Waals surface area (Å²) in [5.74, 6) is 6.48. The number of hydrogen-bond donors (Lipinski definition) is 0. The number of likely N-dealkylation sites (tertiary alicyclic amines) is 1. The van der Waals surface area contributed by atoms with Gasteiger partial charge < -0.3 is 14.4 Å². The number of carbonyl (C=O) groups excluding carboxylic acids is 2. The molecule has 0 unspecified atom stereocenters. The molecule has 2 fully saturated rings. The van der Waals surface area contributed by atoms with Crippen LogP contribution in [0.25, 0.3) is 0 Å². The maximum absolute atomic E-state index is 12.7. The fourth-order valence-electron chi connectivity index (χ4n) is 4.84. The molecular weight excluding hydrogens is 378 g/mol. The fourth-order valence-corrected chi connectivity index (χ4v) is 4.84. The molecule has 0 aromatic heterocycles. The van der Waals surface area contributed by atoms with Crippen molar-refractivity contribution in [3.63, 3.8) is 0 Å². The normalized spacial score (nSPS) is 25.1. The van der Waals surface area contributed by atoms with E-state index in [-0.39, 0.29) is 24.0 Å². The number of fused-ring (bicyclic) bond motifs is 1. The molecule has 1 aliphatic carbocycles. The van der Waals surface area contributed by atoms with E-state index in [0.29, 0.717) is 19.4 Å². The van der Waals surface area contributed by atoms with Crippen LogP contribution in [0.4, 0.5) is 4.79 Å². The number of aryl methyl sites for hydroxylation is 1. The first-order chi connectivity index (χ1) is 14.5. The van der Waals surface area contributed by atoms with Crippen LogP contribution in [0.15, 0.2) is 24.3 Å². The maximum Gasteiger partial charge on any atom is 0.409 e. The molecule has 1 aromatic carbocycles.